The second-order valence-electron chi connectivity index (χ2n) is 7.13. The van der Waals surface area contributed by atoms with Crippen molar-refractivity contribution in [3.8, 4) is 5.13 Å². The van der Waals surface area contributed by atoms with Gasteiger partial charge in [0.05, 0.1) is 34.6 Å². The molecule has 0 aliphatic carbocycles. The van der Waals surface area contributed by atoms with Crippen LogP contribution in [0.3, 0.4) is 0 Å². The van der Waals surface area contributed by atoms with Gasteiger partial charge in [0.1, 0.15) is 0 Å². The molecule has 0 bridgehead atoms. The highest BCUT2D eigenvalue weighted by molar-refractivity contribution is 7.98. The number of aliphatic imine (C=N–C) groups is 1. The Balaban J connectivity index is 1.72. The SMILES string of the molecule is COCCN=C(C)c1c(CSc2ccc(C)cc2)[nH]n(-c2nc3ccccc3s2)c1=O. The average Bonchev–Trinajstić information content (AvgIpc) is 3.34. The average molecular weight is 453 g/mol. The van der Waals surface area contributed by atoms with E-state index in [2.05, 4.69) is 46.3 Å². The number of aromatic amines is 1. The summed E-state index contributed by atoms with van der Waals surface area (Å²) in [4.78, 5) is 23.7. The van der Waals surface area contributed by atoms with Crippen LogP contribution in [0, 0.1) is 6.92 Å². The highest BCUT2D eigenvalue weighted by atomic mass is 32.2. The number of aromatic nitrogens is 3. The van der Waals surface area contributed by atoms with Gasteiger partial charge in [-0.05, 0) is 38.1 Å². The number of thioether (sulfide) groups is 1. The maximum absolute atomic E-state index is 13.4. The van der Waals surface area contributed by atoms with Gasteiger partial charge in [-0.2, -0.15) is 4.68 Å². The molecule has 4 aromatic rings. The normalized spacial score (nSPS) is 12.0. The van der Waals surface area contributed by atoms with Crippen LogP contribution in [0.2, 0.25) is 0 Å². The molecule has 0 spiro atoms. The lowest BCUT2D eigenvalue weighted by atomic mass is 10.2. The number of nitrogens with one attached hydrogen (secondary N) is 1. The number of aryl methyl sites for hydroxylation is 1. The maximum Gasteiger partial charge on any atom is 0.282 e. The van der Waals surface area contributed by atoms with Crippen LogP contribution < -0.4 is 5.56 Å². The maximum atomic E-state index is 13.4. The number of hydrogen-bond acceptors (Lipinski definition) is 6. The summed E-state index contributed by atoms with van der Waals surface area (Å²) in [5.74, 6) is 0.628. The number of methoxy groups -OCH3 is 1. The number of H-pyrrole nitrogens is 1. The van der Waals surface area contributed by atoms with Crippen molar-refractivity contribution in [3.05, 3.63) is 75.7 Å². The lowest BCUT2D eigenvalue weighted by molar-refractivity contribution is 0.208. The first-order valence-corrected chi connectivity index (χ1v) is 11.8. The fraction of sp³-hybridized carbons (Fsp3) is 0.261. The highest BCUT2D eigenvalue weighted by Gasteiger charge is 2.20. The second kappa shape index (κ2) is 9.64. The van der Waals surface area contributed by atoms with Gasteiger partial charge in [0, 0.05) is 23.5 Å². The quantitative estimate of drug-likeness (QED) is 0.236. The molecular weight excluding hydrogens is 428 g/mol. The van der Waals surface area contributed by atoms with Gasteiger partial charge in [-0.15, -0.1) is 11.8 Å². The fourth-order valence-electron chi connectivity index (χ4n) is 3.22. The van der Waals surface area contributed by atoms with Crippen molar-refractivity contribution < 1.29 is 4.74 Å². The van der Waals surface area contributed by atoms with E-state index in [0.717, 1.165) is 20.8 Å². The number of fused-ring (bicyclic) bond motifs is 1. The largest absolute Gasteiger partial charge is 0.383 e. The molecule has 31 heavy (non-hydrogen) atoms. The van der Waals surface area contributed by atoms with E-state index in [9.17, 15) is 4.79 Å². The second-order valence-corrected chi connectivity index (χ2v) is 9.19. The van der Waals surface area contributed by atoms with Crippen molar-refractivity contribution in [2.45, 2.75) is 24.5 Å². The van der Waals surface area contributed by atoms with Gasteiger partial charge in [-0.25, -0.2) is 4.98 Å². The zero-order valence-electron chi connectivity index (χ0n) is 17.7. The van der Waals surface area contributed by atoms with Gasteiger partial charge in [-0.1, -0.05) is 41.2 Å². The number of rotatable bonds is 8. The molecule has 6 nitrogen and oxygen atoms in total. The summed E-state index contributed by atoms with van der Waals surface area (Å²) in [6, 6.07) is 16.3. The third-order valence-electron chi connectivity index (χ3n) is 4.85. The minimum absolute atomic E-state index is 0.128. The Hall–Kier alpha value is -2.68. The predicted molar refractivity (Wildman–Crippen MR) is 129 cm³/mol. The molecule has 0 saturated heterocycles. The molecule has 1 N–H and O–H groups in total. The van der Waals surface area contributed by atoms with Crippen molar-refractivity contribution in [2.75, 3.05) is 20.3 Å². The van der Waals surface area contributed by atoms with E-state index in [4.69, 9.17) is 4.74 Å². The van der Waals surface area contributed by atoms with E-state index in [1.165, 1.54) is 16.9 Å². The Labute approximate surface area is 189 Å². The molecule has 2 aromatic carbocycles. The summed E-state index contributed by atoms with van der Waals surface area (Å²) < 4.78 is 7.69. The molecule has 0 atom stereocenters. The molecule has 0 unspecified atom stereocenters. The van der Waals surface area contributed by atoms with Crippen molar-refractivity contribution >= 4 is 39.0 Å². The summed E-state index contributed by atoms with van der Waals surface area (Å²) in [5.41, 5.74) is 4.13. The summed E-state index contributed by atoms with van der Waals surface area (Å²) in [7, 11) is 1.64. The van der Waals surface area contributed by atoms with Crippen LogP contribution in [0.15, 0.2) is 63.2 Å². The molecule has 0 radical (unpaired) electrons. The Morgan fingerprint density at radius 1 is 1.23 bits per heavy atom. The highest BCUT2D eigenvalue weighted by Crippen LogP contribution is 2.26. The van der Waals surface area contributed by atoms with Gasteiger partial charge in [-0.3, -0.25) is 14.9 Å². The van der Waals surface area contributed by atoms with E-state index >= 15 is 0 Å². The van der Waals surface area contributed by atoms with Gasteiger partial charge in [0.25, 0.3) is 5.56 Å². The van der Waals surface area contributed by atoms with E-state index in [1.807, 2.05) is 31.2 Å². The Bertz CT molecular complexity index is 1240. The minimum Gasteiger partial charge on any atom is -0.383 e. The van der Waals surface area contributed by atoms with Gasteiger partial charge in [0.2, 0.25) is 5.13 Å². The molecule has 0 amide bonds. The molecule has 2 aromatic heterocycles. The molecule has 8 heteroatoms. The third-order valence-corrected chi connectivity index (χ3v) is 6.91. The van der Waals surface area contributed by atoms with Crippen LogP contribution in [-0.4, -0.2) is 40.7 Å². The molecule has 2 heterocycles. The molecule has 160 valence electrons. The molecule has 0 saturated carbocycles. The van der Waals surface area contributed by atoms with Crippen LogP contribution in [0.25, 0.3) is 15.3 Å². The smallest absolute Gasteiger partial charge is 0.282 e. The number of para-hydroxylation sites is 1. The summed E-state index contributed by atoms with van der Waals surface area (Å²) in [6.45, 7) is 4.98. The van der Waals surface area contributed by atoms with Crippen LogP contribution in [0.1, 0.15) is 23.7 Å². The predicted octanol–water partition coefficient (Wildman–Crippen LogP) is 4.83. The van der Waals surface area contributed by atoms with Crippen LogP contribution in [0.5, 0.6) is 0 Å². The minimum atomic E-state index is -0.128. The van der Waals surface area contributed by atoms with Crippen LogP contribution in [-0.2, 0) is 10.5 Å². The van der Waals surface area contributed by atoms with Gasteiger partial charge in [0.15, 0.2) is 0 Å². The van der Waals surface area contributed by atoms with Crippen molar-refractivity contribution in [3.63, 3.8) is 0 Å². The zero-order valence-corrected chi connectivity index (χ0v) is 19.3. The van der Waals surface area contributed by atoms with Crippen molar-refractivity contribution in [1.29, 1.82) is 0 Å². The number of thiazole rings is 1. The number of nitrogens with zero attached hydrogens (tertiary/aromatic N) is 3. The Kier molecular flexibility index (Phi) is 6.70. The summed E-state index contributed by atoms with van der Waals surface area (Å²) in [6.07, 6.45) is 0. The molecule has 0 fully saturated rings. The third kappa shape index (κ3) is 4.81. The lowest BCUT2D eigenvalue weighted by Gasteiger charge is -2.04. The van der Waals surface area contributed by atoms with Crippen molar-refractivity contribution in [1.82, 2.24) is 14.8 Å². The lowest BCUT2D eigenvalue weighted by Crippen LogP contribution is -2.20. The first-order chi connectivity index (χ1) is 15.1. The number of hydrogen-bond donors (Lipinski definition) is 1. The van der Waals surface area contributed by atoms with Crippen molar-refractivity contribution in [2.24, 2.45) is 4.99 Å². The van der Waals surface area contributed by atoms with Crippen LogP contribution >= 0.6 is 23.1 Å². The van der Waals surface area contributed by atoms with E-state index in [1.54, 1.807) is 23.6 Å². The summed E-state index contributed by atoms with van der Waals surface area (Å²) in [5, 5.41) is 3.93. The first-order valence-electron chi connectivity index (χ1n) is 9.96. The van der Waals surface area contributed by atoms with Gasteiger partial charge < -0.3 is 4.74 Å². The van der Waals surface area contributed by atoms with E-state index < -0.39 is 0 Å². The molecule has 4 rings (SSSR count). The topological polar surface area (TPSA) is 72.3 Å². The van der Waals surface area contributed by atoms with Gasteiger partial charge >= 0.3 is 0 Å². The monoisotopic (exact) mass is 452 g/mol. The first kappa shape index (κ1) is 21.5. The van der Waals surface area contributed by atoms with Crippen LogP contribution in [0.4, 0.5) is 0 Å². The standard InChI is InChI=1S/C23H24N4O2S2/c1-15-8-10-17(11-9-15)30-14-19-21(16(2)24-12-13-29-3)22(28)27(26-19)23-25-18-6-4-5-7-20(18)31-23/h4-11,26H,12-14H2,1-3H3. The zero-order chi connectivity index (χ0) is 21.8. The number of benzene rings is 2. The fourth-order valence-corrected chi connectivity index (χ4v) is 5.00. The number of ether oxygens (including phenoxy) is 1. The molecule has 0 aliphatic heterocycles. The Morgan fingerprint density at radius 2 is 2.00 bits per heavy atom. The molecular formula is C23H24N4O2S2. The Morgan fingerprint density at radius 3 is 2.74 bits per heavy atom. The van der Waals surface area contributed by atoms with E-state index in [0.29, 0.717) is 35.3 Å². The van der Waals surface area contributed by atoms with E-state index in [-0.39, 0.29) is 5.56 Å². The summed E-state index contributed by atoms with van der Waals surface area (Å²) >= 11 is 3.17. The molecule has 0 aliphatic rings.